The summed E-state index contributed by atoms with van der Waals surface area (Å²) in [6.45, 7) is 21.3. The van der Waals surface area contributed by atoms with Gasteiger partial charge in [0.15, 0.2) is 0 Å². The van der Waals surface area contributed by atoms with E-state index in [1.807, 2.05) is 0 Å². The van der Waals surface area contributed by atoms with Crippen molar-refractivity contribution in [2.45, 2.75) is 102 Å². The molecule has 0 aliphatic heterocycles. The fourth-order valence-corrected chi connectivity index (χ4v) is 4.53. The van der Waals surface area contributed by atoms with Crippen LogP contribution in [-0.4, -0.2) is 10.2 Å². The predicted molar refractivity (Wildman–Crippen MR) is 126 cm³/mol. The lowest BCUT2D eigenvalue weighted by molar-refractivity contribution is 0.436. The lowest BCUT2D eigenvalue weighted by Gasteiger charge is -2.26. The van der Waals surface area contributed by atoms with Crippen LogP contribution in [0.25, 0.3) is 0 Å². The van der Waals surface area contributed by atoms with E-state index in [9.17, 15) is 10.2 Å². The van der Waals surface area contributed by atoms with Crippen LogP contribution < -0.4 is 0 Å². The van der Waals surface area contributed by atoms with Crippen LogP contribution in [0.15, 0.2) is 34.1 Å². The topological polar surface area (TPSA) is 40.5 Å². The molecule has 2 rings (SSSR count). The Bertz CT molecular complexity index is 808. The summed E-state index contributed by atoms with van der Waals surface area (Å²) >= 11 is 1.71. The largest absolute Gasteiger partial charge is 0.507 e. The molecule has 3 heteroatoms. The molecule has 160 valence electrons. The molecular formula is C26H38O2S. The van der Waals surface area contributed by atoms with Crippen molar-refractivity contribution in [2.24, 2.45) is 0 Å². The van der Waals surface area contributed by atoms with Crippen LogP contribution in [-0.2, 0) is 10.8 Å². The number of phenols is 2. The second kappa shape index (κ2) is 8.26. The molecule has 0 radical (unpaired) electrons. The Morgan fingerprint density at radius 3 is 1.17 bits per heavy atom. The first kappa shape index (κ1) is 23.7. The lowest BCUT2D eigenvalue weighted by Crippen LogP contribution is -2.13. The van der Waals surface area contributed by atoms with E-state index in [0.717, 1.165) is 32.0 Å². The third-order valence-electron chi connectivity index (χ3n) is 5.32. The molecule has 0 saturated heterocycles. The number of aromatic hydroxyl groups is 2. The molecule has 0 heterocycles. The highest BCUT2D eigenvalue weighted by molar-refractivity contribution is 7.99. The van der Waals surface area contributed by atoms with E-state index in [4.69, 9.17) is 0 Å². The second-order valence-electron chi connectivity index (χ2n) is 10.7. The number of phenolic OH excluding ortho intramolecular Hbond substituents is 2. The molecular weight excluding hydrogens is 376 g/mol. The molecule has 2 aromatic rings. The van der Waals surface area contributed by atoms with Crippen molar-refractivity contribution in [1.29, 1.82) is 0 Å². The standard InChI is InChI=1S/C26H38O2S/c1-15(2)19-11-17(13-21(23(19)27)25(5,6)7)29-18-12-20(16(3)4)24(28)22(14-18)26(8,9)10/h11-16,27-28H,1-10H3. The van der Waals surface area contributed by atoms with E-state index in [1.54, 1.807) is 11.8 Å². The first-order chi connectivity index (χ1) is 13.1. The SMILES string of the molecule is CC(C)c1cc(Sc2cc(C(C)C)c(O)c(C(C)(C)C)c2)cc(C(C)(C)C)c1O. The van der Waals surface area contributed by atoms with Crippen molar-refractivity contribution < 1.29 is 10.2 Å². The highest BCUT2D eigenvalue weighted by atomic mass is 32.2. The summed E-state index contributed by atoms with van der Waals surface area (Å²) in [5.41, 5.74) is 3.64. The Morgan fingerprint density at radius 1 is 0.621 bits per heavy atom. The highest BCUT2D eigenvalue weighted by Crippen LogP contribution is 2.44. The van der Waals surface area contributed by atoms with Crippen molar-refractivity contribution >= 4 is 11.8 Å². The average Bonchev–Trinajstić information content (AvgIpc) is 2.55. The lowest BCUT2D eigenvalue weighted by atomic mass is 9.83. The Hall–Kier alpha value is -1.61. The Labute approximate surface area is 181 Å². The van der Waals surface area contributed by atoms with Crippen molar-refractivity contribution in [3.8, 4) is 11.5 Å². The van der Waals surface area contributed by atoms with Gasteiger partial charge in [0, 0.05) is 20.9 Å². The minimum absolute atomic E-state index is 0.140. The van der Waals surface area contributed by atoms with E-state index in [2.05, 4.69) is 93.5 Å². The van der Waals surface area contributed by atoms with Crippen molar-refractivity contribution in [3.05, 3.63) is 46.5 Å². The number of hydrogen-bond acceptors (Lipinski definition) is 3. The molecule has 29 heavy (non-hydrogen) atoms. The van der Waals surface area contributed by atoms with Gasteiger partial charge in [-0.05, 0) is 58.1 Å². The van der Waals surface area contributed by atoms with E-state index < -0.39 is 0 Å². The van der Waals surface area contributed by atoms with Gasteiger partial charge in [-0.1, -0.05) is 81.0 Å². The van der Waals surface area contributed by atoms with Gasteiger partial charge >= 0.3 is 0 Å². The normalized spacial score (nSPS) is 12.8. The maximum absolute atomic E-state index is 10.8. The molecule has 0 aromatic heterocycles. The van der Waals surface area contributed by atoms with Crippen molar-refractivity contribution in [3.63, 3.8) is 0 Å². The summed E-state index contributed by atoms with van der Waals surface area (Å²) in [7, 11) is 0. The van der Waals surface area contributed by atoms with E-state index in [-0.39, 0.29) is 22.7 Å². The van der Waals surface area contributed by atoms with Crippen LogP contribution in [0, 0.1) is 0 Å². The number of benzene rings is 2. The quantitative estimate of drug-likeness (QED) is 0.531. The molecule has 0 aliphatic rings. The van der Waals surface area contributed by atoms with Crippen LogP contribution in [0.4, 0.5) is 0 Å². The third-order valence-corrected chi connectivity index (χ3v) is 6.26. The third kappa shape index (κ3) is 5.31. The monoisotopic (exact) mass is 414 g/mol. The van der Waals surface area contributed by atoms with Gasteiger partial charge in [-0.2, -0.15) is 0 Å². The zero-order valence-corrected chi connectivity index (χ0v) is 20.6. The fourth-order valence-electron chi connectivity index (χ4n) is 3.54. The van der Waals surface area contributed by atoms with Crippen LogP contribution in [0.3, 0.4) is 0 Å². The van der Waals surface area contributed by atoms with E-state index in [1.165, 1.54) is 0 Å². The summed E-state index contributed by atoms with van der Waals surface area (Å²) in [6.07, 6.45) is 0. The smallest absolute Gasteiger partial charge is 0.122 e. The maximum atomic E-state index is 10.8. The number of hydrogen-bond donors (Lipinski definition) is 2. The Morgan fingerprint density at radius 2 is 0.931 bits per heavy atom. The highest BCUT2D eigenvalue weighted by Gasteiger charge is 2.25. The summed E-state index contributed by atoms with van der Waals surface area (Å²) in [5.74, 6) is 1.32. The minimum atomic E-state index is -0.140. The molecule has 2 nitrogen and oxygen atoms in total. The number of rotatable bonds is 4. The molecule has 2 aromatic carbocycles. The predicted octanol–water partition coefficient (Wildman–Crippen LogP) is 8.09. The zero-order chi connectivity index (χ0) is 22.3. The molecule has 0 unspecified atom stereocenters. The first-order valence-electron chi connectivity index (χ1n) is 10.6. The maximum Gasteiger partial charge on any atom is 0.122 e. The molecule has 2 N–H and O–H groups in total. The fraction of sp³-hybridized carbons (Fsp3) is 0.538. The average molecular weight is 415 g/mol. The molecule has 0 bridgehead atoms. The van der Waals surface area contributed by atoms with Gasteiger partial charge in [-0.3, -0.25) is 0 Å². The van der Waals surface area contributed by atoms with Crippen LogP contribution in [0.5, 0.6) is 11.5 Å². The zero-order valence-electron chi connectivity index (χ0n) is 19.8. The van der Waals surface area contributed by atoms with E-state index in [0.29, 0.717) is 11.5 Å². The summed E-state index contributed by atoms with van der Waals surface area (Å²) in [6, 6.07) is 8.45. The van der Waals surface area contributed by atoms with Gasteiger partial charge in [0.2, 0.25) is 0 Å². The Balaban J connectivity index is 2.65. The summed E-state index contributed by atoms with van der Waals surface area (Å²) < 4.78 is 0. The molecule has 0 aliphatic carbocycles. The van der Waals surface area contributed by atoms with Gasteiger partial charge in [-0.25, -0.2) is 0 Å². The van der Waals surface area contributed by atoms with Gasteiger partial charge in [0.25, 0.3) is 0 Å². The second-order valence-corrected chi connectivity index (χ2v) is 11.9. The summed E-state index contributed by atoms with van der Waals surface area (Å²) in [5, 5.41) is 21.7. The molecule has 0 fully saturated rings. The van der Waals surface area contributed by atoms with Gasteiger partial charge < -0.3 is 10.2 Å². The van der Waals surface area contributed by atoms with Crippen molar-refractivity contribution in [1.82, 2.24) is 0 Å². The summed E-state index contributed by atoms with van der Waals surface area (Å²) in [4.78, 5) is 2.24. The molecule has 0 amide bonds. The van der Waals surface area contributed by atoms with Crippen molar-refractivity contribution in [2.75, 3.05) is 0 Å². The Kier molecular flexibility index (Phi) is 6.74. The minimum Gasteiger partial charge on any atom is -0.507 e. The van der Waals surface area contributed by atoms with Gasteiger partial charge in [0.05, 0.1) is 0 Å². The first-order valence-corrected chi connectivity index (χ1v) is 11.4. The molecule has 0 spiro atoms. The van der Waals surface area contributed by atoms with Crippen LogP contribution in [0.2, 0.25) is 0 Å². The molecule has 0 atom stereocenters. The van der Waals surface area contributed by atoms with E-state index >= 15 is 0 Å². The molecule has 0 saturated carbocycles. The van der Waals surface area contributed by atoms with Gasteiger partial charge in [0.1, 0.15) is 11.5 Å². The van der Waals surface area contributed by atoms with Crippen LogP contribution in [0.1, 0.15) is 103 Å². The van der Waals surface area contributed by atoms with Crippen LogP contribution >= 0.6 is 11.8 Å². The van der Waals surface area contributed by atoms with Gasteiger partial charge in [-0.15, -0.1) is 0 Å².